The van der Waals surface area contributed by atoms with Crippen molar-refractivity contribution >= 4 is 38.4 Å². The van der Waals surface area contributed by atoms with Crippen LogP contribution in [-0.2, 0) is 15.4 Å². The molecule has 0 atom stereocenters. The maximum Gasteiger partial charge on any atom is 0.261 e. The van der Waals surface area contributed by atoms with E-state index in [1.165, 1.54) is 0 Å². The van der Waals surface area contributed by atoms with E-state index in [2.05, 4.69) is 9.71 Å². The molecule has 8 heteroatoms. The summed E-state index contributed by atoms with van der Waals surface area (Å²) in [7, 11) is -3.90. The van der Waals surface area contributed by atoms with Gasteiger partial charge in [0.25, 0.3) is 10.0 Å². The summed E-state index contributed by atoms with van der Waals surface area (Å²) in [6.07, 6.45) is 0. The van der Waals surface area contributed by atoms with Crippen LogP contribution in [0.3, 0.4) is 0 Å². The lowest BCUT2D eigenvalue weighted by Gasteiger charge is -2.11. The molecule has 3 aromatic rings. The lowest BCUT2D eigenvalue weighted by Crippen LogP contribution is -2.13. The van der Waals surface area contributed by atoms with Gasteiger partial charge in [-0.2, -0.15) is 0 Å². The first-order valence-electron chi connectivity index (χ1n) is 7.45. The maximum atomic E-state index is 13.2. The highest BCUT2D eigenvalue weighted by Crippen LogP contribution is 2.28. The van der Waals surface area contributed by atoms with Gasteiger partial charge < -0.3 is 4.42 Å². The van der Waals surface area contributed by atoms with Gasteiger partial charge in [0.05, 0.1) is 15.6 Å². The van der Waals surface area contributed by atoms with E-state index < -0.39 is 15.8 Å². The summed E-state index contributed by atoms with van der Waals surface area (Å²) in [5.41, 5.74) is 1.17. The van der Waals surface area contributed by atoms with E-state index in [0.717, 1.165) is 18.2 Å². The summed E-state index contributed by atoms with van der Waals surface area (Å²) < 4.78 is 46.2. The number of rotatable bonds is 3. The van der Waals surface area contributed by atoms with Crippen LogP contribution in [0, 0.1) is 5.82 Å². The van der Waals surface area contributed by atoms with Crippen molar-refractivity contribution in [2.45, 2.75) is 31.1 Å². The first-order chi connectivity index (χ1) is 11.6. The molecule has 0 aliphatic heterocycles. The van der Waals surface area contributed by atoms with Gasteiger partial charge in [-0.1, -0.05) is 32.4 Å². The normalized spacial score (nSPS) is 12.5. The highest BCUT2D eigenvalue weighted by molar-refractivity contribution is 7.92. The number of oxazole rings is 1. The van der Waals surface area contributed by atoms with Crippen LogP contribution in [0.25, 0.3) is 11.1 Å². The van der Waals surface area contributed by atoms with Crippen LogP contribution in [-0.4, -0.2) is 13.4 Å². The third kappa shape index (κ3) is 3.62. The van der Waals surface area contributed by atoms with Crippen LogP contribution in [0.4, 0.5) is 10.1 Å². The molecule has 0 amide bonds. The number of nitrogens with one attached hydrogen (secondary N) is 1. The van der Waals surface area contributed by atoms with E-state index in [1.807, 2.05) is 20.8 Å². The fraction of sp³-hybridized carbons (Fsp3) is 0.235. The maximum absolute atomic E-state index is 13.2. The zero-order chi connectivity index (χ0) is 18.4. The minimum atomic E-state index is -3.90. The van der Waals surface area contributed by atoms with Crippen LogP contribution in [0.1, 0.15) is 26.7 Å². The summed E-state index contributed by atoms with van der Waals surface area (Å²) in [6.45, 7) is 5.92. The molecule has 0 aliphatic carbocycles. The van der Waals surface area contributed by atoms with Gasteiger partial charge >= 0.3 is 0 Å². The van der Waals surface area contributed by atoms with Crippen molar-refractivity contribution in [2.75, 3.05) is 4.72 Å². The second-order valence-electron chi connectivity index (χ2n) is 6.63. The zero-order valence-corrected chi connectivity index (χ0v) is 15.4. The van der Waals surface area contributed by atoms with Crippen molar-refractivity contribution in [3.63, 3.8) is 0 Å². The van der Waals surface area contributed by atoms with Crippen molar-refractivity contribution in [2.24, 2.45) is 0 Å². The molecule has 2 aromatic carbocycles. The highest BCUT2D eigenvalue weighted by Gasteiger charge is 2.22. The van der Waals surface area contributed by atoms with Crippen LogP contribution in [0.15, 0.2) is 45.7 Å². The molecule has 0 aliphatic rings. The molecule has 1 N–H and O–H groups in total. The Morgan fingerprint density at radius 2 is 1.88 bits per heavy atom. The monoisotopic (exact) mass is 382 g/mol. The first-order valence-corrected chi connectivity index (χ1v) is 9.31. The number of nitrogens with zero attached hydrogens (tertiary/aromatic N) is 1. The van der Waals surface area contributed by atoms with Gasteiger partial charge in [-0.25, -0.2) is 17.8 Å². The molecule has 1 heterocycles. The Morgan fingerprint density at radius 3 is 2.52 bits per heavy atom. The van der Waals surface area contributed by atoms with Crippen molar-refractivity contribution < 1.29 is 17.2 Å². The first kappa shape index (κ1) is 17.7. The van der Waals surface area contributed by atoms with E-state index in [9.17, 15) is 12.8 Å². The van der Waals surface area contributed by atoms with E-state index in [0.29, 0.717) is 22.7 Å². The molecule has 0 unspecified atom stereocenters. The average molecular weight is 383 g/mol. The minimum Gasteiger partial charge on any atom is -0.440 e. The lowest BCUT2D eigenvalue weighted by molar-refractivity contribution is 0.411. The SMILES string of the molecule is CC(C)(C)c1nc2cc(NS(=O)(=O)c3ccc(F)c(Cl)c3)ccc2o1. The zero-order valence-electron chi connectivity index (χ0n) is 13.8. The molecule has 132 valence electrons. The fourth-order valence-corrected chi connectivity index (χ4v) is 3.49. The summed E-state index contributed by atoms with van der Waals surface area (Å²) in [4.78, 5) is 4.27. The van der Waals surface area contributed by atoms with Crippen molar-refractivity contribution in [1.29, 1.82) is 0 Å². The summed E-state index contributed by atoms with van der Waals surface area (Å²) in [5, 5.41) is -0.260. The number of benzene rings is 2. The Hall–Kier alpha value is -2.12. The Labute approximate surface area is 149 Å². The third-order valence-electron chi connectivity index (χ3n) is 3.48. The Balaban J connectivity index is 1.95. The second-order valence-corrected chi connectivity index (χ2v) is 8.72. The van der Waals surface area contributed by atoms with E-state index in [1.54, 1.807) is 18.2 Å². The smallest absolute Gasteiger partial charge is 0.261 e. The molecule has 0 fully saturated rings. The molecule has 0 radical (unpaired) electrons. The molecule has 25 heavy (non-hydrogen) atoms. The minimum absolute atomic E-state index is 0.130. The van der Waals surface area contributed by atoms with E-state index in [4.69, 9.17) is 16.0 Å². The third-order valence-corrected chi connectivity index (χ3v) is 5.15. The number of anilines is 1. The van der Waals surface area contributed by atoms with Crippen molar-refractivity contribution in [3.05, 3.63) is 53.1 Å². The molecule has 0 saturated carbocycles. The molecule has 0 saturated heterocycles. The standard InChI is InChI=1S/C17H16ClFN2O3S/c1-17(2,3)16-20-14-8-10(4-7-15(14)24-16)21-25(22,23)11-5-6-13(19)12(18)9-11/h4-9,21H,1-3H3. The number of halogens is 2. The van der Waals surface area contributed by atoms with E-state index in [-0.39, 0.29) is 15.3 Å². The van der Waals surface area contributed by atoms with Gasteiger partial charge in [-0.3, -0.25) is 4.72 Å². The van der Waals surface area contributed by atoms with Crippen LogP contribution in [0.2, 0.25) is 5.02 Å². The fourth-order valence-electron chi connectivity index (χ4n) is 2.17. The van der Waals surface area contributed by atoms with Gasteiger partial charge in [-0.05, 0) is 36.4 Å². The summed E-state index contributed by atoms with van der Waals surface area (Å²) in [5.74, 6) is -0.118. The topological polar surface area (TPSA) is 72.2 Å². The predicted octanol–water partition coefficient (Wildman–Crippen LogP) is 4.72. The summed E-state index contributed by atoms with van der Waals surface area (Å²) >= 11 is 5.66. The predicted molar refractivity (Wildman–Crippen MR) is 94.9 cm³/mol. The molecule has 0 spiro atoms. The van der Waals surface area contributed by atoms with Gasteiger partial charge in [0, 0.05) is 5.41 Å². The molecule has 3 rings (SSSR count). The van der Waals surface area contributed by atoms with Crippen LogP contribution >= 0.6 is 11.6 Å². The van der Waals surface area contributed by atoms with Gasteiger partial charge in [0.15, 0.2) is 5.58 Å². The van der Waals surface area contributed by atoms with Crippen LogP contribution in [0.5, 0.6) is 0 Å². The van der Waals surface area contributed by atoms with Gasteiger partial charge in [-0.15, -0.1) is 0 Å². The van der Waals surface area contributed by atoms with Gasteiger partial charge in [0.2, 0.25) is 5.89 Å². The van der Waals surface area contributed by atoms with Crippen molar-refractivity contribution in [1.82, 2.24) is 4.98 Å². The molecule has 5 nitrogen and oxygen atoms in total. The molecule has 1 aromatic heterocycles. The number of aromatic nitrogens is 1. The summed E-state index contributed by atoms with van der Waals surface area (Å²) in [6, 6.07) is 8.02. The number of hydrogen-bond acceptors (Lipinski definition) is 4. The number of sulfonamides is 1. The Kier molecular flexibility index (Phi) is 4.25. The number of fused-ring (bicyclic) bond motifs is 1. The lowest BCUT2D eigenvalue weighted by atomic mass is 9.97. The molecular weight excluding hydrogens is 367 g/mol. The highest BCUT2D eigenvalue weighted by atomic mass is 35.5. The quantitative estimate of drug-likeness (QED) is 0.711. The van der Waals surface area contributed by atoms with Crippen LogP contribution < -0.4 is 4.72 Å². The van der Waals surface area contributed by atoms with Gasteiger partial charge in [0.1, 0.15) is 11.3 Å². The van der Waals surface area contributed by atoms with E-state index >= 15 is 0 Å². The van der Waals surface area contributed by atoms with Crippen molar-refractivity contribution in [3.8, 4) is 0 Å². The Bertz CT molecular complexity index is 1060. The Morgan fingerprint density at radius 1 is 1.16 bits per heavy atom. The molecule has 0 bridgehead atoms. The second kappa shape index (κ2) is 6.00. The molecular formula is C17H16ClFN2O3S. The average Bonchev–Trinajstić information content (AvgIpc) is 2.93. The largest absolute Gasteiger partial charge is 0.440 e. The number of hydrogen-bond donors (Lipinski definition) is 1.